The van der Waals surface area contributed by atoms with Crippen molar-refractivity contribution >= 4 is 0 Å². The molecule has 0 aliphatic carbocycles. The van der Waals surface area contributed by atoms with E-state index in [1.54, 1.807) is 0 Å². The average molecular weight is 241 g/mol. The Morgan fingerprint density at radius 2 is 2.18 bits per heavy atom. The fourth-order valence-electron chi connectivity index (χ4n) is 2.62. The van der Waals surface area contributed by atoms with Gasteiger partial charge in [0.1, 0.15) is 0 Å². The van der Waals surface area contributed by atoms with Crippen molar-refractivity contribution in [1.29, 1.82) is 0 Å². The van der Waals surface area contributed by atoms with E-state index in [9.17, 15) is 0 Å². The molecule has 1 saturated heterocycles. The highest BCUT2D eigenvalue weighted by molar-refractivity contribution is 4.80. The quantitative estimate of drug-likeness (QED) is 0.699. The van der Waals surface area contributed by atoms with Crippen LogP contribution in [-0.4, -0.2) is 61.7 Å². The van der Waals surface area contributed by atoms with Crippen molar-refractivity contribution in [2.24, 2.45) is 0 Å². The van der Waals surface area contributed by atoms with E-state index in [1.165, 1.54) is 45.4 Å². The fraction of sp³-hybridized carbons (Fsp3) is 1.00. The predicted molar refractivity (Wildman–Crippen MR) is 75.5 cm³/mol. The number of nitrogens with one attached hydrogen (secondary N) is 1. The molecule has 0 amide bonds. The Labute approximate surface area is 108 Å². The van der Waals surface area contributed by atoms with E-state index in [2.05, 4.69) is 42.9 Å². The van der Waals surface area contributed by atoms with Gasteiger partial charge in [-0.1, -0.05) is 13.8 Å². The normalized spacial score (nSPS) is 23.5. The van der Waals surface area contributed by atoms with Gasteiger partial charge in [-0.2, -0.15) is 0 Å². The average Bonchev–Trinajstić information content (AvgIpc) is 2.76. The van der Waals surface area contributed by atoms with Gasteiger partial charge in [-0.25, -0.2) is 0 Å². The zero-order chi connectivity index (χ0) is 12.7. The molecule has 3 heteroatoms. The lowest BCUT2D eigenvalue weighted by Gasteiger charge is -2.28. The van der Waals surface area contributed by atoms with E-state index >= 15 is 0 Å². The number of hydrogen-bond donors (Lipinski definition) is 1. The molecule has 0 bridgehead atoms. The minimum atomic E-state index is 0.655. The van der Waals surface area contributed by atoms with Crippen LogP contribution in [0.2, 0.25) is 0 Å². The highest BCUT2D eigenvalue weighted by atomic mass is 15.2. The molecule has 3 nitrogen and oxygen atoms in total. The summed E-state index contributed by atoms with van der Waals surface area (Å²) in [5.74, 6) is 0. The van der Waals surface area contributed by atoms with Crippen LogP contribution in [0.1, 0.15) is 40.0 Å². The van der Waals surface area contributed by atoms with E-state index in [0.717, 1.165) is 12.6 Å². The first kappa shape index (κ1) is 14.9. The van der Waals surface area contributed by atoms with Crippen LogP contribution in [0.4, 0.5) is 0 Å². The largest absolute Gasteiger partial charge is 0.313 e. The Bertz CT molecular complexity index is 196. The Kier molecular flexibility index (Phi) is 7.09. The van der Waals surface area contributed by atoms with Gasteiger partial charge in [0.05, 0.1) is 0 Å². The SMILES string of the molecule is CCC(C)NCCN(C)CC1CCCN1CC. The second-order valence-corrected chi connectivity index (χ2v) is 5.45. The molecule has 0 aromatic heterocycles. The Hall–Kier alpha value is -0.120. The van der Waals surface area contributed by atoms with Crippen molar-refractivity contribution < 1.29 is 0 Å². The third kappa shape index (κ3) is 5.36. The van der Waals surface area contributed by atoms with E-state index in [0.29, 0.717) is 6.04 Å². The first-order chi connectivity index (χ1) is 8.17. The third-order valence-corrected chi connectivity index (χ3v) is 4.03. The Morgan fingerprint density at radius 3 is 2.82 bits per heavy atom. The molecule has 1 aliphatic rings. The van der Waals surface area contributed by atoms with E-state index < -0.39 is 0 Å². The van der Waals surface area contributed by atoms with Gasteiger partial charge in [-0.3, -0.25) is 4.90 Å². The van der Waals surface area contributed by atoms with Crippen molar-refractivity contribution in [3.63, 3.8) is 0 Å². The summed E-state index contributed by atoms with van der Waals surface area (Å²) in [5.41, 5.74) is 0. The van der Waals surface area contributed by atoms with Crippen molar-refractivity contribution in [3.05, 3.63) is 0 Å². The molecule has 1 fully saturated rings. The minimum absolute atomic E-state index is 0.655. The second-order valence-electron chi connectivity index (χ2n) is 5.45. The van der Waals surface area contributed by atoms with Crippen LogP contribution in [0.3, 0.4) is 0 Å². The summed E-state index contributed by atoms with van der Waals surface area (Å²) in [6.07, 6.45) is 3.99. The molecule has 2 unspecified atom stereocenters. The summed E-state index contributed by atoms with van der Waals surface area (Å²) in [7, 11) is 2.25. The lowest BCUT2D eigenvalue weighted by Crippen LogP contribution is -2.41. The highest BCUT2D eigenvalue weighted by Crippen LogP contribution is 2.16. The van der Waals surface area contributed by atoms with Crippen molar-refractivity contribution in [3.8, 4) is 0 Å². The molecule has 1 aliphatic heterocycles. The summed E-state index contributed by atoms with van der Waals surface area (Å²) < 4.78 is 0. The van der Waals surface area contributed by atoms with E-state index in [-0.39, 0.29) is 0 Å². The van der Waals surface area contributed by atoms with Gasteiger partial charge in [0.15, 0.2) is 0 Å². The fourth-order valence-corrected chi connectivity index (χ4v) is 2.62. The summed E-state index contributed by atoms with van der Waals surface area (Å²) in [4.78, 5) is 5.10. The van der Waals surface area contributed by atoms with Crippen LogP contribution in [0.5, 0.6) is 0 Å². The molecule has 1 N–H and O–H groups in total. The number of likely N-dealkylation sites (tertiary alicyclic amines) is 1. The topological polar surface area (TPSA) is 18.5 Å². The Balaban J connectivity index is 2.13. The van der Waals surface area contributed by atoms with Gasteiger partial charge in [0, 0.05) is 31.7 Å². The van der Waals surface area contributed by atoms with E-state index in [4.69, 9.17) is 0 Å². The molecular weight excluding hydrogens is 210 g/mol. The van der Waals surface area contributed by atoms with Gasteiger partial charge in [0.2, 0.25) is 0 Å². The third-order valence-electron chi connectivity index (χ3n) is 4.03. The number of nitrogens with zero attached hydrogens (tertiary/aromatic N) is 2. The van der Waals surface area contributed by atoms with Crippen LogP contribution in [0, 0.1) is 0 Å². The molecule has 1 heterocycles. The van der Waals surface area contributed by atoms with Gasteiger partial charge in [0.25, 0.3) is 0 Å². The molecule has 0 aromatic carbocycles. The lowest BCUT2D eigenvalue weighted by molar-refractivity contribution is 0.198. The van der Waals surface area contributed by atoms with Gasteiger partial charge < -0.3 is 10.2 Å². The summed E-state index contributed by atoms with van der Waals surface area (Å²) in [5, 5.41) is 3.56. The zero-order valence-corrected chi connectivity index (χ0v) is 12.2. The minimum Gasteiger partial charge on any atom is -0.313 e. The molecular formula is C14H31N3. The van der Waals surface area contributed by atoms with Crippen LogP contribution < -0.4 is 5.32 Å². The van der Waals surface area contributed by atoms with Crippen molar-refractivity contribution in [1.82, 2.24) is 15.1 Å². The maximum Gasteiger partial charge on any atom is 0.0223 e. The highest BCUT2D eigenvalue weighted by Gasteiger charge is 2.23. The smallest absolute Gasteiger partial charge is 0.0223 e. The second kappa shape index (κ2) is 8.06. The van der Waals surface area contributed by atoms with Gasteiger partial charge in [-0.05, 0) is 46.3 Å². The molecule has 0 spiro atoms. The van der Waals surface area contributed by atoms with Crippen molar-refractivity contribution in [2.75, 3.05) is 39.8 Å². The number of hydrogen-bond acceptors (Lipinski definition) is 3. The Morgan fingerprint density at radius 1 is 1.41 bits per heavy atom. The summed E-state index contributed by atoms with van der Waals surface area (Å²) >= 11 is 0. The monoisotopic (exact) mass is 241 g/mol. The standard InChI is InChI=1S/C14H31N3/c1-5-13(3)15-9-11-16(4)12-14-8-7-10-17(14)6-2/h13-15H,5-12H2,1-4H3. The van der Waals surface area contributed by atoms with Crippen LogP contribution >= 0.6 is 0 Å². The first-order valence-electron chi connectivity index (χ1n) is 7.33. The number of likely N-dealkylation sites (N-methyl/N-ethyl adjacent to an activating group) is 2. The van der Waals surface area contributed by atoms with Crippen LogP contribution in [0.15, 0.2) is 0 Å². The zero-order valence-electron chi connectivity index (χ0n) is 12.2. The molecule has 2 atom stereocenters. The molecule has 0 saturated carbocycles. The lowest BCUT2D eigenvalue weighted by atomic mass is 10.2. The maximum atomic E-state index is 3.56. The predicted octanol–water partition coefficient (Wildman–Crippen LogP) is 1.79. The number of rotatable bonds is 8. The summed E-state index contributed by atoms with van der Waals surface area (Å²) in [6, 6.07) is 1.45. The van der Waals surface area contributed by atoms with Crippen molar-refractivity contribution in [2.45, 2.75) is 52.1 Å². The molecule has 0 aromatic rings. The summed E-state index contributed by atoms with van der Waals surface area (Å²) in [6.45, 7) is 12.8. The van der Waals surface area contributed by atoms with Crippen LogP contribution in [-0.2, 0) is 0 Å². The first-order valence-corrected chi connectivity index (χ1v) is 7.33. The van der Waals surface area contributed by atoms with Gasteiger partial charge >= 0.3 is 0 Å². The van der Waals surface area contributed by atoms with Crippen LogP contribution in [0.25, 0.3) is 0 Å². The molecule has 17 heavy (non-hydrogen) atoms. The molecule has 1 rings (SSSR count). The maximum absolute atomic E-state index is 3.56. The van der Waals surface area contributed by atoms with E-state index in [1.807, 2.05) is 0 Å². The molecule has 102 valence electrons. The molecule has 0 radical (unpaired) electrons. The van der Waals surface area contributed by atoms with Gasteiger partial charge in [-0.15, -0.1) is 0 Å².